The third kappa shape index (κ3) is 10.3. The molecule has 0 saturated carbocycles. The van der Waals surface area contributed by atoms with Gasteiger partial charge in [-0.05, 0) is 232 Å². The summed E-state index contributed by atoms with van der Waals surface area (Å²) in [6.45, 7) is 9.56. The third-order valence-corrected chi connectivity index (χ3v) is 24.5. The molecule has 0 unspecified atom stereocenters. The highest BCUT2D eigenvalue weighted by molar-refractivity contribution is 6.23. The van der Waals surface area contributed by atoms with Gasteiger partial charge in [0.15, 0.2) is 0 Å². The normalized spacial score (nSPS) is 13.1. The molecule has 0 radical (unpaired) electrons. The second-order valence-corrected chi connectivity index (χ2v) is 31.2. The van der Waals surface area contributed by atoms with Gasteiger partial charge in [-0.2, -0.15) is 0 Å². The number of hydrogen-bond acceptors (Lipinski definition) is 0. The van der Waals surface area contributed by atoms with Crippen LogP contribution in [0.15, 0.2) is 388 Å². The first-order chi connectivity index (χ1) is 54.1. The van der Waals surface area contributed by atoms with Gasteiger partial charge in [-0.3, -0.25) is 0 Å². The Morgan fingerprint density at radius 3 is 0.836 bits per heavy atom. The van der Waals surface area contributed by atoms with Gasteiger partial charge >= 0.3 is 0 Å². The lowest BCUT2D eigenvalue weighted by atomic mass is 9.78. The summed E-state index contributed by atoms with van der Waals surface area (Å²) in [7, 11) is 0. The lowest BCUT2D eigenvalue weighted by molar-refractivity contribution is 0.662. The molecule has 0 fully saturated rings. The first-order valence-electron chi connectivity index (χ1n) is 38.7. The van der Waals surface area contributed by atoms with Crippen molar-refractivity contribution in [2.75, 3.05) is 0 Å². The molecular formula is C110H76. The van der Waals surface area contributed by atoms with Crippen molar-refractivity contribution in [2.45, 2.75) is 38.5 Å². The molecular weight excluding hydrogens is 1320 g/mol. The van der Waals surface area contributed by atoms with Crippen molar-refractivity contribution in [3.8, 4) is 111 Å². The van der Waals surface area contributed by atoms with Crippen LogP contribution in [0.5, 0.6) is 0 Å². The van der Waals surface area contributed by atoms with Crippen LogP contribution in [-0.4, -0.2) is 0 Å². The van der Waals surface area contributed by atoms with Crippen molar-refractivity contribution in [1.82, 2.24) is 0 Å². The van der Waals surface area contributed by atoms with E-state index in [1.54, 1.807) is 0 Å². The molecule has 0 N–H and O–H groups in total. The summed E-state index contributed by atoms with van der Waals surface area (Å²) in [5.74, 6) is 0. The van der Waals surface area contributed by atoms with Crippen LogP contribution in [0.25, 0.3) is 197 Å². The van der Waals surface area contributed by atoms with Gasteiger partial charge in [-0.25, -0.2) is 0 Å². The maximum atomic E-state index is 2.39. The maximum absolute atomic E-state index is 2.39. The lowest BCUT2D eigenvalue weighted by Gasteiger charge is -2.25. The van der Waals surface area contributed by atoms with Gasteiger partial charge in [0, 0.05) is 10.8 Å². The molecule has 110 heavy (non-hydrogen) atoms. The Morgan fingerprint density at radius 1 is 0.145 bits per heavy atom. The van der Waals surface area contributed by atoms with Crippen LogP contribution >= 0.6 is 0 Å². The van der Waals surface area contributed by atoms with Crippen LogP contribution < -0.4 is 0 Å². The quantitative estimate of drug-likeness (QED) is 0.133. The van der Waals surface area contributed by atoms with Gasteiger partial charge in [0.2, 0.25) is 0 Å². The summed E-state index contributed by atoms with van der Waals surface area (Å²) in [4.78, 5) is 0. The smallest absolute Gasteiger partial charge is 0.0165 e. The fourth-order valence-corrected chi connectivity index (χ4v) is 19.4. The van der Waals surface area contributed by atoms with Gasteiger partial charge in [-0.15, -0.1) is 0 Å². The molecule has 20 aromatic carbocycles. The molecule has 22 rings (SSSR count). The van der Waals surface area contributed by atoms with Crippen molar-refractivity contribution >= 4 is 86.2 Å². The Morgan fingerprint density at radius 2 is 0.409 bits per heavy atom. The third-order valence-electron chi connectivity index (χ3n) is 24.5. The Hall–Kier alpha value is -13.5. The average molecular weight is 1400 g/mol. The summed E-state index contributed by atoms with van der Waals surface area (Å²) in [6, 6.07) is 144. The number of hydrogen-bond donors (Lipinski definition) is 0. The van der Waals surface area contributed by atoms with E-state index in [9.17, 15) is 0 Å². The number of rotatable bonds is 8. The predicted molar refractivity (Wildman–Crippen MR) is 472 cm³/mol. The summed E-state index contributed by atoms with van der Waals surface area (Å²) >= 11 is 0. The van der Waals surface area contributed by atoms with Gasteiger partial charge in [0.25, 0.3) is 0 Å². The van der Waals surface area contributed by atoms with Crippen molar-refractivity contribution in [1.29, 1.82) is 0 Å². The van der Waals surface area contributed by atoms with Crippen molar-refractivity contribution in [3.05, 3.63) is 411 Å². The first kappa shape index (κ1) is 64.8. The van der Waals surface area contributed by atoms with E-state index >= 15 is 0 Å². The number of benzene rings is 20. The largest absolute Gasteiger partial charge is 0.0616 e. The standard InChI is InChI=1S/2C55H38/c1-55(2)50-34-33-36-14-4-6-17-43(36)53(50)49-24-12-23-44(54(49)55)38-27-31-40(32-28-38)52-47-20-9-7-18-45(47)51(46-19-8-10-21-48(46)52)39-29-25-37(26-30-39)42-22-11-15-35-13-3-5-16-41(35)42;1-55(2)50-32-31-36-14-5-6-18-43(36)53(50)49-24-12-23-44(54(49)55)37-26-28-38(29-27-37)51-45-19-7-9-21-47(45)52(48-22-10-8-20-46(48)51)42-17-11-16-40(34-42)41-30-25-35-13-3-4-15-39(35)33-41/h2*3-34H,1-2H3. The number of fused-ring (bicyclic) bond motifs is 16. The summed E-state index contributed by atoms with van der Waals surface area (Å²) in [5, 5.41) is 20.5. The summed E-state index contributed by atoms with van der Waals surface area (Å²) in [5.41, 5.74) is 31.0. The van der Waals surface area contributed by atoms with Crippen LogP contribution in [0.2, 0.25) is 0 Å². The molecule has 0 saturated heterocycles. The van der Waals surface area contributed by atoms with Crippen LogP contribution in [0.1, 0.15) is 49.9 Å². The minimum absolute atomic E-state index is 0.112. The zero-order valence-corrected chi connectivity index (χ0v) is 62.0. The molecule has 0 heteroatoms. The maximum Gasteiger partial charge on any atom is 0.0165 e. The van der Waals surface area contributed by atoms with Crippen LogP contribution in [0.3, 0.4) is 0 Å². The van der Waals surface area contributed by atoms with Gasteiger partial charge in [0.05, 0.1) is 0 Å². The summed E-state index contributed by atoms with van der Waals surface area (Å²) in [6.07, 6.45) is 0. The van der Waals surface area contributed by atoms with Gasteiger partial charge in [0.1, 0.15) is 0 Å². The summed E-state index contributed by atoms with van der Waals surface area (Å²) < 4.78 is 0. The molecule has 0 atom stereocenters. The zero-order chi connectivity index (χ0) is 73.3. The molecule has 0 aromatic heterocycles. The monoisotopic (exact) mass is 1400 g/mol. The molecule has 0 nitrogen and oxygen atoms in total. The van der Waals surface area contributed by atoms with Crippen molar-refractivity contribution < 1.29 is 0 Å². The van der Waals surface area contributed by atoms with Gasteiger partial charge < -0.3 is 0 Å². The first-order valence-corrected chi connectivity index (χ1v) is 38.7. The zero-order valence-electron chi connectivity index (χ0n) is 62.0. The van der Waals surface area contributed by atoms with E-state index in [0.717, 1.165) is 0 Å². The van der Waals surface area contributed by atoms with E-state index < -0.39 is 0 Å². The molecule has 0 heterocycles. The van der Waals surface area contributed by atoms with E-state index in [2.05, 4.69) is 416 Å². The van der Waals surface area contributed by atoms with Crippen LogP contribution in [-0.2, 0) is 10.8 Å². The fraction of sp³-hybridized carbons (Fsp3) is 0.0545. The van der Waals surface area contributed by atoms with E-state index in [4.69, 9.17) is 0 Å². The second kappa shape index (κ2) is 25.6. The Labute approximate surface area is 642 Å². The highest BCUT2D eigenvalue weighted by Gasteiger charge is 2.40. The Balaban J connectivity index is 0.000000140. The highest BCUT2D eigenvalue weighted by Crippen LogP contribution is 2.57. The fourth-order valence-electron chi connectivity index (χ4n) is 19.4. The molecule has 0 bridgehead atoms. The van der Waals surface area contributed by atoms with Crippen LogP contribution in [0, 0.1) is 0 Å². The average Bonchev–Trinajstić information content (AvgIpc) is 1.54. The predicted octanol–water partition coefficient (Wildman–Crippen LogP) is 30.5. The van der Waals surface area contributed by atoms with Crippen LogP contribution in [0.4, 0.5) is 0 Å². The molecule has 20 aromatic rings. The minimum Gasteiger partial charge on any atom is -0.0616 e. The lowest BCUT2D eigenvalue weighted by Crippen LogP contribution is -2.16. The Kier molecular flexibility index (Phi) is 15.1. The highest BCUT2D eigenvalue weighted by atomic mass is 14.4. The van der Waals surface area contributed by atoms with E-state index in [1.165, 1.54) is 220 Å². The topological polar surface area (TPSA) is 0 Å². The van der Waals surface area contributed by atoms with Crippen molar-refractivity contribution in [3.63, 3.8) is 0 Å². The molecule has 516 valence electrons. The molecule has 2 aliphatic rings. The second-order valence-electron chi connectivity index (χ2n) is 31.2. The Bertz CT molecular complexity index is 7040. The SMILES string of the molecule is CC1(C)c2ccc3ccccc3c2-c2cccc(-c3ccc(-c4c5ccccc5c(-c5ccc(-c6cccc7ccccc67)cc5)c5ccccc45)cc3)c21.CC1(C)c2ccc3ccccc3c2-c2cccc(-c3ccc(-c4c5ccccc5c(-c5cccc(-c6ccc7ccccc7c6)c5)c5ccccc45)cc3)c21. The minimum atomic E-state index is -0.113. The van der Waals surface area contributed by atoms with Gasteiger partial charge in [-0.1, -0.05) is 404 Å². The van der Waals surface area contributed by atoms with E-state index in [1.807, 2.05) is 0 Å². The molecule has 2 aliphatic carbocycles. The molecule has 0 spiro atoms. The van der Waals surface area contributed by atoms with E-state index in [-0.39, 0.29) is 10.8 Å². The molecule has 0 aliphatic heterocycles. The molecule has 0 amide bonds. The van der Waals surface area contributed by atoms with E-state index in [0.29, 0.717) is 0 Å². The van der Waals surface area contributed by atoms with Crippen molar-refractivity contribution in [2.24, 2.45) is 0 Å².